The van der Waals surface area contributed by atoms with Gasteiger partial charge < -0.3 is 20.9 Å². The molecule has 0 aliphatic rings. The molecule has 34 heavy (non-hydrogen) atoms. The Morgan fingerprint density at radius 3 is 2.32 bits per heavy atom. The smallest absolute Gasteiger partial charge is 0.319 e. The van der Waals surface area contributed by atoms with Crippen LogP contribution in [0.5, 0.6) is 0 Å². The van der Waals surface area contributed by atoms with Gasteiger partial charge in [0.15, 0.2) is 0 Å². The number of carbonyl (C=O) groups excluding carboxylic acids is 1. The highest BCUT2D eigenvalue weighted by molar-refractivity contribution is 7.89. The molecule has 2 aromatic carbocycles. The number of nitrogens with zero attached hydrogens (tertiary/aromatic N) is 3. The van der Waals surface area contributed by atoms with Crippen LogP contribution >= 0.6 is 0 Å². The third-order valence-corrected chi connectivity index (χ3v) is 6.02. The van der Waals surface area contributed by atoms with Crippen LogP contribution < -0.4 is 26.0 Å². The summed E-state index contributed by atoms with van der Waals surface area (Å²) in [5, 5.41) is 13.8. The van der Waals surface area contributed by atoms with Gasteiger partial charge in [0.05, 0.1) is 5.75 Å². The maximum atomic E-state index is 11.7. The number of benzene rings is 2. The summed E-state index contributed by atoms with van der Waals surface area (Å²) in [5.41, 5.74) is 3.22. The average molecular weight is 484 g/mol. The zero-order valence-corrected chi connectivity index (χ0v) is 20.1. The number of hydrogen-bond donors (Lipinski definition) is 4. The van der Waals surface area contributed by atoms with Crippen molar-refractivity contribution in [2.45, 2.75) is 19.8 Å². The van der Waals surface area contributed by atoms with Crippen LogP contribution in [0.4, 0.5) is 33.6 Å². The standard InChI is InChI=1S/C23H29N7O3S/c1-4-25-23(31)28-19-9-11-20(12-10-19)30(3)21-13-14-26-22(29-21)27-18-7-5-17(6-8-18)16(2)15-34(24,32)33/h5-14,16H,4,15H2,1-3H3,(H2,24,32,33)(H2,25,28,31)(H,26,27,29). The van der Waals surface area contributed by atoms with Gasteiger partial charge in [-0.15, -0.1) is 0 Å². The minimum Gasteiger partial charge on any atom is -0.338 e. The Morgan fingerprint density at radius 2 is 1.71 bits per heavy atom. The largest absolute Gasteiger partial charge is 0.338 e. The van der Waals surface area contributed by atoms with Crippen molar-refractivity contribution in [3.05, 3.63) is 66.4 Å². The van der Waals surface area contributed by atoms with E-state index in [4.69, 9.17) is 5.14 Å². The first-order chi connectivity index (χ1) is 16.1. The summed E-state index contributed by atoms with van der Waals surface area (Å²) in [4.78, 5) is 22.4. The molecule has 0 aliphatic carbocycles. The van der Waals surface area contributed by atoms with E-state index in [1.54, 1.807) is 12.3 Å². The summed E-state index contributed by atoms with van der Waals surface area (Å²) in [5.74, 6) is 0.782. The van der Waals surface area contributed by atoms with E-state index in [0.29, 0.717) is 24.0 Å². The second-order valence-electron chi connectivity index (χ2n) is 7.81. The Kier molecular flexibility index (Phi) is 8.03. The molecule has 0 saturated carbocycles. The van der Waals surface area contributed by atoms with E-state index in [0.717, 1.165) is 16.9 Å². The third kappa shape index (κ3) is 7.15. The van der Waals surface area contributed by atoms with Crippen molar-refractivity contribution >= 4 is 44.9 Å². The second kappa shape index (κ2) is 10.9. The van der Waals surface area contributed by atoms with E-state index in [2.05, 4.69) is 25.9 Å². The molecule has 1 unspecified atom stereocenters. The normalized spacial score (nSPS) is 12.0. The van der Waals surface area contributed by atoms with Crippen LogP contribution in [-0.2, 0) is 10.0 Å². The van der Waals surface area contributed by atoms with Crippen LogP contribution in [0.25, 0.3) is 0 Å². The Morgan fingerprint density at radius 1 is 1.06 bits per heavy atom. The molecule has 0 spiro atoms. The van der Waals surface area contributed by atoms with Crippen molar-refractivity contribution in [2.75, 3.05) is 34.9 Å². The molecule has 180 valence electrons. The summed E-state index contributed by atoms with van der Waals surface area (Å²) in [7, 11) is -1.65. The zero-order valence-electron chi connectivity index (χ0n) is 19.3. The third-order valence-electron chi connectivity index (χ3n) is 5.05. The number of hydrogen-bond acceptors (Lipinski definition) is 7. The molecular weight excluding hydrogens is 454 g/mol. The number of sulfonamides is 1. The first kappa shape index (κ1) is 24.9. The lowest BCUT2D eigenvalue weighted by Gasteiger charge is -2.19. The number of rotatable bonds is 9. The number of anilines is 5. The highest BCUT2D eigenvalue weighted by Crippen LogP contribution is 2.25. The lowest BCUT2D eigenvalue weighted by atomic mass is 10.0. The monoisotopic (exact) mass is 483 g/mol. The fraction of sp³-hybridized carbons (Fsp3) is 0.261. The summed E-state index contributed by atoms with van der Waals surface area (Å²) < 4.78 is 22.6. The molecule has 0 saturated heterocycles. The van der Waals surface area contributed by atoms with Crippen LogP contribution in [0, 0.1) is 0 Å². The van der Waals surface area contributed by atoms with Crippen LogP contribution in [0.1, 0.15) is 25.3 Å². The summed E-state index contributed by atoms with van der Waals surface area (Å²) >= 11 is 0. The fourth-order valence-corrected chi connectivity index (χ4v) is 4.19. The molecule has 11 heteroatoms. The van der Waals surface area contributed by atoms with E-state index < -0.39 is 10.0 Å². The van der Waals surface area contributed by atoms with Gasteiger partial charge in [-0.3, -0.25) is 0 Å². The lowest BCUT2D eigenvalue weighted by Crippen LogP contribution is -2.28. The number of urea groups is 1. The van der Waals surface area contributed by atoms with E-state index in [1.807, 2.05) is 74.3 Å². The number of nitrogens with one attached hydrogen (secondary N) is 3. The maximum Gasteiger partial charge on any atom is 0.319 e. The van der Waals surface area contributed by atoms with E-state index in [1.165, 1.54) is 0 Å². The van der Waals surface area contributed by atoms with Crippen molar-refractivity contribution in [2.24, 2.45) is 5.14 Å². The first-order valence-electron chi connectivity index (χ1n) is 10.7. The Hall–Kier alpha value is -3.70. The van der Waals surface area contributed by atoms with Gasteiger partial charge in [0.1, 0.15) is 5.82 Å². The quantitative estimate of drug-likeness (QED) is 0.365. The molecule has 10 nitrogen and oxygen atoms in total. The molecule has 0 radical (unpaired) electrons. The van der Waals surface area contributed by atoms with Gasteiger partial charge in [0.25, 0.3) is 0 Å². The van der Waals surface area contributed by atoms with Crippen LogP contribution in [0.15, 0.2) is 60.8 Å². The summed E-state index contributed by atoms with van der Waals surface area (Å²) in [6.45, 7) is 4.23. The molecule has 3 rings (SSSR count). The summed E-state index contributed by atoms with van der Waals surface area (Å²) in [6, 6.07) is 16.3. The van der Waals surface area contributed by atoms with Crippen molar-refractivity contribution < 1.29 is 13.2 Å². The van der Waals surface area contributed by atoms with E-state index >= 15 is 0 Å². The predicted molar refractivity (Wildman–Crippen MR) is 135 cm³/mol. The van der Waals surface area contributed by atoms with Gasteiger partial charge in [0, 0.05) is 36.9 Å². The van der Waals surface area contributed by atoms with Gasteiger partial charge in [-0.2, -0.15) is 4.98 Å². The SMILES string of the molecule is CCNC(=O)Nc1ccc(N(C)c2ccnc(Nc3ccc(C(C)CS(N)(=O)=O)cc3)n2)cc1. The minimum absolute atomic E-state index is 0.111. The molecule has 1 atom stereocenters. The van der Waals surface area contributed by atoms with Crippen LogP contribution in [-0.4, -0.2) is 43.8 Å². The van der Waals surface area contributed by atoms with Gasteiger partial charge in [-0.25, -0.2) is 23.3 Å². The minimum atomic E-state index is -3.54. The molecule has 0 bridgehead atoms. The molecule has 5 N–H and O–H groups in total. The summed E-state index contributed by atoms with van der Waals surface area (Å²) in [6.07, 6.45) is 1.66. The molecule has 2 amide bonds. The topological polar surface area (TPSA) is 142 Å². The second-order valence-corrected chi connectivity index (χ2v) is 9.47. The highest BCUT2D eigenvalue weighted by atomic mass is 32.2. The molecule has 1 heterocycles. The fourth-order valence-electron chi connectivity index (χ4n) is 3.30. The van der Waals surface area contributed by atoms with Gasteiger partial charge in [-0.1, -0.05) is 19.1 Å². The Labute approximate surface area is 199 Å². The van der Waals surface area contributed by atoms with Crippen molar-refractivity contribution in [3.8, 4) is 0 Å². The maximum absolute atomic E-state index is 11.7. The molecular formula is C23H29N7O3S. The van der Waals surface area contributed by atoms with Crippen molar-refractivity contribution in [1.29, 1.82) is 0 Å². The first-order valence-corrected chi connectivity index (χ1v) is 12.5. The van der Waals surface area contributed by atoms with Gasteiger partial charge in [0.2, 0.25) is 16.0 Å². The Balaban J connectivity index is 1.67. The number of carbonyl (C=O) groups is 1. The van der Waals surface area contributed by atoms with Crippen LogP contribution in [0.2, 0.25) is 0 Å². The predicted octanol–water partition coefficient (Wildman–Crippen LogP) is 3.52. The highest BCUT2D eigenvalue weighted by Gasteiger charge is 2.13. The number of nitrogens with two attached hydrogens (primary N) is 1. The average Bonchev–Trinajstić information content (AvgIpc) is 2.79. The Bertz CT molecular complexity index is 1220. The number of aromatic nitrogens is 2. The van der Waals surface area contributed by atoms with Crippen LogP contribution in [0.3, 0.4) is 0 Å². The molecule has 1 aromatic heterocycles. The zero-order chi connectivity index (χ0) is 24.7. The van der Waals surface area contributed by atoms with Crippen molar-refractivity contribution in [1.82, 2.24) is 15.3 Å². The van der Waals surface area contributed by atoms with Crippen molar-refractivity contribution in [3.63, 3.8) is 0 Å². The molecule has 0 aliphatic heterocycles. The van der Waals surface area contributed by atoms with E-state index in [9.17, 15) is 13.2 Å². The lowest BCUT2D eigenvalue weighted by molar-refractivity contribution is 0.252. The van der Waals surface area contributed by atoms with Gasteiger partial charge >= 0.3 is 6.03 Å². The molecule has 0 fully saturated rings. The number of primary sulfonamides is 1. The number of amides is 2. The molecule has 3 aromatic rings. The van der Waals surface area contributed by atoms with Gasteiger partial charge in [-0.05, 0) is 60.9 Å². The van der Waals surface area contributed by atoms with E-state index in [-0.39, 0.29) is 17.7 Å².